The number of thiophene rings is 1. The van der Waals surface area contributed by atoms with Crippen LogP contribution in [0.5, 0.6) is 0 Å². The maximum absolute atomic E-state index is 11.7. The van der Waals surface area contributed by atoms with E-state index in [9.17, 15) is 9.59 Å². The summed E-state index contributed by atoms with van der Waals surface area (Å²) in [5.74, 6) is -0.288. The number of rotatable bonds is 6. The van der Waals surface area contributed by atoms with Gasteiger partial charge in [0.05, 0.1) is 10.3 Å². The first-order valence-electron chi connectivity index (χ1n) is 6.09. The lowest BCUT2D eigenvalue weighted by atomic mass is 10.4. The van der Waals surface area contributed by atoms with Crippen LogP contribution in [0, 0.1) is 0 Å². The molecule has 3 amide bonds. The number of nitrogens with zero attached hydrogens (tertiary/aromatic N) is 1. The Morgan fingerprint density at radius 3 is 2.63 bits per heavy atom. The van der Waals surface area contributed by atoms with E-state index < -0.39 is 6.03 Å². The minimum atomic E-state index is -0.442. The van der Waals surface area contributed by atoms with E-state index >= 15 is 0 Å². The summed E-state index contributed by atoms with van der Waals surface area (Å²) < 4.78 is 1.07. The monoisotopic (exact) mass is 347 g/mol. The molecule has 0 radical (unpaired) electrons. The van der Waals surface area contributed by atoms with Crippen molar-refractivity contribution in [2.45, 2.75) is 20.4 Å². The number of urea groups is 1. The molecule has 19 heavy (non-hydrogen) atoms. The maximum Gasteiger partial charge on any atom is 0.321 e. The summed E-state index contributed by atoms with van der Waals surface area (Å²) in [4.78, 5) is 26.1. The second-order valence-electron chi connectivity index (χ2n) is 3.92. The summed E-state index contributed by atoms with van der Waals surface area (Å²) in [7, 11) is 0. The van der Waals surface area contributed by atoms with Gasteiger partial charge in [0.1, 0.15) is 0 Å². The van der Waals surface area contributed by atoms with Crippen LogP contribution in [0.1, 0.15) is 18.7 Å². The number of nitrogens with one attached hydrogen (secondary N) is 2. The number of hydrogen-bond acceptors (Lipinski definition) is 4. The Balaban J connectivity index is 2.43. The molecule has 1 heterocycles. The number of carbonyl (C=O) groups excluding carboxylic acids is 2. The minimum absolute atomic E-state index is 0.211. The maximum atomic E-state index is 11.7. The predicted molar refractivity (Wildman–Crippen MR) is 80.2 cm³/mol. The molecule has 7 heteroatoms. The highest BCUT2D eigenvalue weighted by Gasteiger charge is 2.12. The summed E-state index contributed by atoms with van der Waals surface area (Å²) in [5.41, 5.74) is 0. The number of amides is 3. The molecule has 0 saturated carbocycles. The minimum Gasteiger partial charge on any atom is -0.338 e. The highest BCUT2D eigenvalue weighted by molar-refractivity contribution is 9.11. The topological polar surface area (TPSA) is 61.4 Å². The molecule has 2 N–H and O–H groups in total. The van der Waals surface area contributed by atoms with Gasteiger partial charge in [0.25, 0.3) is 0 Å². The van der Waals surface area contributed by atoms with Crippen LogP contribution in [-0.4, -0.2) is 36.5 Å². The fourth-order valence-electron chi connectivity index (χ4n) is 1.51. The molecule has 1 rings (SSSR count). The Morgan fingerprint density at radius 1 is 1.37 bits per heavy atom. The zero-order valence-corrected chi connectivity index (χ0v) is 13.4. The lowest BCUT2D eigenvalue weighted by Crippen LogP contribution is -2.44. The Hall–Kier alpha value is -0.920. The molecule has 0 aliphatic heterocycles. The van der Waals surface area contributed by atoms with Crippen LogP contribution in [0.2, 0.25) is 0 Å². The third-order valence-corrected chi connectivity index (χ3v) is 4.02. The summed E-state index contributed by atoms with van der Waals surface area (Å²) >= 11 is 5.06. The molecule has 0 spiro atoms. The van der Waals surface area contributed by atoms with E-state index in [2.05, 4.69) is 26.6 Å². The van der Waals surface area contributed by atoms with Gasteiger partial charge in [-0.3, -0.25) is 15.0 Å². The number of imide groups is 1. The quantitative estimate of drug-likeness (QED) is 0.828. The van der Waals surface area contributed by atoms with Gasteiger partial charge < -0.3 is 5.32 Å². The van der Waals surface area contributed by atoms with Crippen LogP contribution in [-0.2, 0) is 11.3 Å². The van der Waals surface area contributed by atoms with E-state index in [1.165, 1.54) is 4.88 Å². The van der Waals surface area contributed by atoms with Crippen LogP contribution < -0.4 is 10.6 Å². The molecule has 0 aromatic carbocycles. The molecule has 0 fully saturated rings. The molecule has 0 aliphatic rings. The highest BCUT2D eigenvalue weighted by atomic mass is 79.9. The average Bonchev–Trinajstić information content (AvgIpc) is 2.74. The van der Waals surface area contributed by atoms with E-state index in [1.807, 2.05) is 24.0 Å². The molecule has 0 unspecified atom stereocenters. The lowest BCUT2D eigenvalue weighted by Gasteiger charge is -2.18. The standard InChI is InChI=1S/C12H18BrN3O2S/c1-3-14-12(18)15-11(17)8-16(4-2)7-9-5-6-10(13)19-9/h5-6H,3-4,7-8H2,1-2H3,(H2,14,15,17,18). The Morgan fingerprint density at radius 2 is 2.11 bits per heavy atom. The number of carbonyl (C=O) groups is 2. The highest BCUT2D eigenvalue weighted by Crippen LogP contribution is 2.23. The number of hydrogen-bond donors (Lipinski definition) is 2. The van der Waals surface area contributed by atoms with Gasteiger partial charge >= 0.3 is 6.03 Å². The molecule has 0 saturated heterocycles. The van der Waals surface area contributed by atoms with Crippen LogP contribution >= 0.6 is 27.3 Å². The van der Waals surface area contributed by atoms with Crippen LogP contribution in [0.3, 0.4) is 0 Å². The third kappa shape index (κ3) is 6.17. The van der Waals surface area contributed by atoms with Gasteiger partial charge in [-0.15, -0.1) is 11.3 Å². The normalized spacial score (nSPS) is 10.5. The van der Waals surface area contributed by atoms with Crippen molar-refractivity contribution in [2.24, 2.45) is 0 Å². The van der Waals surface area contributed by atoms with Crippen molar-refractivity contribution in [3.8, 4) is 0 Å². The van der Waals surface area contributed by atoms with Gasteiger partial charge in [-0.2, -0.15) is 0 Å². The fraction of sp³-hybridized carbons (Fsp3) is 0.500. The first kappa shape index (κ1) is 16.1. The van der Waals surface area contributed by atoms with Crippen LogP contribution in [0.25, 0.3) is 0 Å². The number of likely N-dealkylation sites (N-methyl/N-ethyl adjacent to an activating group) is 1. The van der Waals surface area contributed by atoms with Gasteiger partial charge in [0.2, 0.25) is 5.91 Å². The Kier molecular flexibility index (Phi) is 7.04. The summed E-state index contributed by atoms with van der Waals surface area (Å²) in [5, 5.41) is 4.83. The van der Waals surface area contributed by atoms with Crippen molar-refractivity contribution in [3.63, 3.8) is 0 Å². The van der Waals surface area contributed by atoms with Crippen molar-refractivity contribution in [1.82, 2.24) is 15.5 Å². The molecular formula is C12H18BrN3O2S. The largest absolute Gasteiger partial charge is 0.338 e. The summed E-state index contributed by atoms with van der Waals surface area (Å²) in [6, 6.07) is 3.57. The molecular weight excluding hydrogens is 330 g/mol. The first-order chi connectivity index (χ1) is 9.05. The predicted octanol–water partition coefficient (Wildman–Crippen LogP) is 2.18. The number of halogens is 1. The molecule has 0 atom stereocenters. The zero-order valence-electron chi connectivity index (χ0n) is 11.0. The molecule has 5 nitrogen and oxygen atoms in total. The van der Waals surface area contributed by atoms with Gasteiger partial charge in [-0.05, 0) is 41.5 Å². The molecule has 106 valence electrons. The van der Waals surface area contributed by atoms with Gasteiger partial charge in [0.15, 0.2) is 0 Å². The zero-order chi connectivity index (χ0) is 14.3. The Bertz CT molecular complexity index is 436. The Labute approximate surface area is 125 Å². The van der Waals surface area contributed by atoms with E-state index in [1.54, 1.807) is 18.3 Å². The summed E-state index contributed by atoms with van der Waals surface area (Å²) in [6.07, 6.45) is 0. The van der Waals surface area contributed by atoms with Gasteiger partial charge in [0, 0.05) is 18.0 Å². The SMILES string of the molecule is CCNC(=O)NC(=O)CN(CC)Cc1ccc(Br)s1. The third-order valence-electron chi connectivity index (χ3n) is 2.41. The molecule has 1 aromatic heterocycles. The van der Waals surface area contributed by atoms with Crippen molar-refractivity contribution < 1.29 is 9.59 Å². The van der Waals surface area contributed by atoms with Crippen molar-refractivity contribution in [3.05, 3.63) is 20.8 Å². The van der Waals surface area contributed by atoms with Gasteiger partial charge in [-0.25, -0.2) is 4.79 Å². The van der Waals surface area contributed by atoms with Crippen LogP contribution in [0.4, 0.5) is 4.79 Å². The first-order valence-corrected chi connectivity index (χ1v) is 7.70. The van der Waals surface area contributed by atoms with Gasteiger partial charge in [-0.1, -0.05) is 6.92 Å². The second-order valence-corrected chi connectivity index (χ2v) is 6.46. The van der Waals surface area contributed by atoms with E-state index in [0.717, 1.165) is 10.3 Å². The van der Waals surface area contributed by atoms with Crippen LogP contribution in [0.15, 0.2) is 15.9 Å². The van der Waals surface area contributed by atoms with Crippen molar-refractivity contribution >= 4 is 39.2 Å². The average molecular weight is 348 g/mol. The molecule has 0 bridgehead atoms. The smallest absolute Gasteiger partial charge is 0.321 e. The van der Waals surface area contributed by atoms with Crippen molar-refractivity contribution in [1.29, 1.82) is 0 Å². The molecule has 0 aliphatic carbocycles. The van der Waals surface area contributed by atoms with E-state index in [4.69, 9.17) is 0 Å². The molecule has 1 aromatic rings. The summed E-state index contributed by atoms with van der Waals surface area (Å²) in [6.45, 7) is 5.95. The van der Waals surface area contributed by atoms with E-state index in [0.29, 0.717) is 13.1 Å². The fourth-order valence-corrected chi connectivity index (χ4v) is 3.04. The lowest BCUT2D eigenvalue weighted by molar-refractivity contribution is -0.121. The van der Waals surface area contributed by atoms with E-state index in [-0.39, 0.29) is 12.5 Å². The second kappa shape index (κ2) is 8.29. The van der Waals surface area contributed by atoms with Crippen molar-refractivity contribution in [2.75, 3.05) is 19.6 Å².